The molecular weight excluding hydrogens is 218 g/mol. The molecule has 0 unspecified atom stereocenters. The highest BCUT2D eigenvalue weighted by atomic mass is 16.4. The van der Waals surface area contributed by atoms with E-state index >= 15 is 0 Å². The summed E-state index contributed by atoms with van der Waals surface area (Å²) in [5, 5.41) is 6.09. The van der Waals surface area contributed by atoms with Crippen molar-refractivity contribution in [2.75, 3.05) is 6.54 Å². The first-order chi connectivity index (χ1) is 8.28. The van der Waals surface area contributed by atoms with Gasteiger partial charge in [0.05, 0.1) is 12.7 Å². The molecule has 0 radical (unpaired) electrons. The molecule has 0 aliphatic heterocycles. The van der Waals surface area contributed by atoms with Crippen molar-refractivity contribution in [1.29, 1.82) is 0 Å². The van der Waals surface area contributed by atoms with Crippen molar-refractivity contribution in [1.82, 2.24) is 15.6 Å². The summed E-state index contributed by atoms with van der Waals surface area (Å²) in [6, 6.07) is 0.446. The number of nitrogens with zero attached hydrogens (tertiary/aromatic N) is 1. The molecule has 1 saturated carbocycles. The van der Waals surface area contributed by atoms with E-state index in [9.17, 15) is 4.79 Å². The number of amides is 1. The van der Waals surface area contributed by atoms with Gasteiger partial charge in [-0.2, -0.15) is 0 Å². The predicted molar refractivity (Wildman–Crippen MR) is 63.4 cm³/mol. The van der Waals surface area contributed by atoms with Gasteiger partial charge in [0, 0.05) is 25.4 Å². The summed E-state index contributed by atoms with van der Waals surface area (Å²) >= 11 is 0. The van der Waals surface area contributed by atoms with Gasteiger partial charge in [-0.15, -0.1) is 0 Å². The molecule has 1 aromatic rings. The van der Waals surface area contributed by atoms with Crippen LogP contribution in [0.1, 0.15) is 37.8 Å². The third kappa shape index (κ3) is 4.19. The molecule has 1 aliphatic carbocycles. The van der Waals surface area contributed by atoms with Crippen LogP contribution in [0.4, 0.5) is 0 Å². The minimum absolute atomic E-state index is 0.127. The van der Waals surface area contributed by atoms with Crippen molar-refractivity contribution in [3.05, 3.63) is 17.8 Å². The van der Waals surface area contributed by atoms with E-state index in [-0.39, 0.29) is 5.91 Å². The van der Waals surface area contributed by atoms with Gasteiger partial charge in [-0.05, 0) is 12.8 Å². The predicted octanol–water partition coefficient (Wildman–Crippen LogP) is 0.995. The molecule has 0 saturated heterocycles. The van der Waals surface area contributed by atoms with Crippen LogP contribution in [0, 0.1) is 0 Å². The Hall–Kier alpha value is -1.36. The van der Waals surface area contributed by atoms with Gasteiger partial charge in [-0.1, -0.05) is 6.92 Å². The Morgan fingerprint density at radius 1 is 1.59 bits per heavy atom. The second-order valence-corrected chi connectivity index (χ2v) is 4.34. The zero-order chi connectivity index (χ0) is 12.1. The van der Waals surface area contributed by atoms with E-state index in [1.54, 1.807) is 6.20 Å². The number of hydrogen-bond donors (Lipinski definition) is 2. The average Bonchev–Trinajstić information content (AvgIpc) is 3.01. The second kappa shape index (κ2) is 5.82. The molecule has 1 fully saturated rings. The monoisotopic (exact) mass is 237 g/mol. The fraction of sp³-hybridized carbons (Fsp3) is 0.667. The standard InChI is InChI=1S/C12H19N3O2/c1-2-10-7-14-12(17-10)8-13-6-5-11(16)15-9-3-4-9/h7,9,13H,2-6,8H2,1H3,(H,15,16). The normalized spacial score (nSPS) is 14.9. The Morgan fingerprint density at radius 2 is 2.41 bits per heavy atom. The number of aryl methyl sites for hydroxylation is 1. The van der Waals surface area contributed by atoms with Gasteiger partial charge in [-0.3, -0.25) is 4.79 Å². The van der Waals surface area contributed by atoms with E-state index in [2.05, 4.69) is 15.6 Å². The van der Waals surface area contributed by atoms with Crippen molar-refractivity contribution in [3.63, 3.8) is 0 Å². The SMILES string of the molecule is CCc1cnc(CNCCC(=O)NC2CC2)o1. The fourth-order valence-corrected chi connectivity index (χ4v) is 1.52. The molecule has 2 rings (SSSR count). The van der Waals surface area contributed by atoms with Crippen LogP contribution in [0.25, 0.3) is 0 Å². The van der Waals surface area contributed by atoms with Gasteiger partial charge in [-0.25, -0.2) is 4.98 Å². The maximum Gasteiger partial charge on any atom is 0.221 e. The van der Waals surface area contributed by atoms with E-state index in [4.69, 9.17) is 4.42 Å². The van der Waals surface area contributed by atoms with E-state index in [1.807, 2.05) is 6.92 Å². The van der Waals surface area contributed by atoms with Crippen molar-refractivity contribution < 1.29 is 9.21 Å². The third-order valence-electron chi connectivity index (χ3n) is 2.70. The number of aromatic nitrogens is 1. The van der Waals surface area contributed by atoms with E-state index < -0.39 is 0 Å². The Bertz CT molecular complexity index is 372. The van der Waals surface area contributed by atoms with Crippen molar-refractivity contribution in [3.8, 4) is 0 Å². The Labute approximate surface area is 101 Å². The largest absolute Gasteiger partial charge is 0.444 e. The van der Waals surface area contributed by atoms with Crippen LogP contribution < -0.4 is 10.6 Å². The van der Waals surface area contributed by atoms with Gasteiger partial charge >= 0.3 is 0 Å². The van der Waals surface area contributed by atoms with Crippen LogP contribution in [0.2, 0.25) is 0 Å². The zero-order valence-electron chi connectivity index (χ0n) is 10.2. The molecule has 5 nitrogen and oxygen atoms in total. The smallest absolute Gasteiger partial charge is 0.221 e. The molecule has 2 N–H and O–H groups in total. The lowest BCUT2D eigenvalue weighted by atomic mass is 10.4. The Kier molecular flexibility index (Phi) is 4.14. The lowest BCUT2D eigenvalue weighted by Crippen LogP contribution is -2.29. The molecule has 1 amide bonds. The van der Waals surface area contributed by atoms with Crippen LogP contribution in [-0.2, 0) is 17.8 Å². The molecular formula is C12H19N3O2. The average molecular weight is 237 g/mol. The zero-order valence-corrected chi connectivity index (χ0v) is 10.2. The lowest BCUT2D eigenvalue weighted by molar-refractivity contribution is -0.121. The highest BCUT2D eigenvalue weighted by Gasteiger charge is 2.22. The maximum absolute atomic E-state index is 11.4. The number of rotatable bonds is 7. The lowest BCUT2D eigenvalue weighted by Gasteiger charge is -2.03. The molecule has 1 aliphatic rings. The van der Waals surface area contributed by atoms with Gasteiger partial charge < -0.3 is 15.1 Å². The Balaban J connectivity index is 1.57. The summed E-state index contributed by atoms with van der Waals surface area (Å²) in [7, 11) is 0. The molecule has 0 aromatic carbocycles. The number of hydrogen-bond acceptors (Lipinski definition) is 4. The fourth-order valence-electron chi connectivity index (χ4n) is 1.52. The first-order valence-corrected chi connectivity index (χ1v) is 6.21. The van der Waals surface area contributed by atoms with Gasteiger partial charge in [0.2, 0.25) is 11.8 Å². The van der Waals surface area contributed by atoms with E-state index in [0.29, 0.717) is 31.4 Å². The molecule has 94 valence electrons. The minimum atomic E-state index is 0.127. The number of nitrogens with one attached hydrogen (secondary N) is 2. The first kappa shape index (κ1) is 12.1. The summed E-state index contributed by atoms with van der Waals surface area (Å²) in [5.41, 5.74) is 0. The van der Waals surface area contributed by atoms with Crippen molar-refractivity contribution in [2.45, 2.75) is 45.2 Å². The van der Waals surface area contributed by atoms with E-state index in [1.165, 1.54) is 0 Å². The van der Waals surface area contributed by atoms with Gasteiger partial charge in [0.15, 0.2) is 0 Å². The quantitative estimate of drug-likeness (QED) is 0.694. The van der Waals surface area contributed by atoms with Crippen molar-refractivity contribution >= 4 is 5.91 Å². The summed E-state index contributed by atoms with van der Waals surface area (Å²) < 4.78 is 5.44. The molecule has 0 atom stereocenters. The maximum atomic E-state index is 11.4. The van der Waals surface area contributed by atoms with Gasteiger partial charge in [0.25, 0.3) is 0 Å². The highest BCUT2D eigenvalue weighted by Crippen LogP contribution is 2.18. The molecule has 1 aromatic heterocycles. The third-order valence-corrected chi connectivity index (χ3v) is 2.70. The van der Waals surface area contributed by atoms with Crippen LogP contribution in [0.5, 0.6) is 0 Å². The molecule has 1 heterocycles. The van der Waals surface area contributed by atoms with Crippen LogP contribution >= 0.6 is 0 Å². The van der Waals surface area contributed by atoms with Crippen LogP contribution in [-0.4, -0.2) is 23.5 Å². The number of oxazole rings is 1. The summed E-state index contributed by atoms with van der Waals surface area (Å²) in [4.78, 5) is 15.5. The molecule has 5 heteroatoms. The second-order valence-electron chi connectivity index (χ2n) is 4.34. The Morgan fingerprint density at radius 3 is 3.06 bits per heavy atom. The van der Waals surface area contributed by atoms with E-state index in [0.717, 1.165) is 25.0 Å². The van der Waals surface area contributed by atoms with Gasteiger partial charge in [0.1, 0.15) is 5.76 Å². The van der Waals surface area contributed by atoms with Crippen LogP contribution in [0.15, 0.2) is 10.6 Å². The molecule has 17 heavy (non-hydrogen) atoms. The highest BCUT2D eigenvalue weighted by molar-refractivity contribution is 5.76. The number of carbonyl (C=O) groups is 1. The summed E-state index contributed by atoms with van der Waals surface area (Å²) in [6.45, 7) is 3.26. The molecule has 0 spiro atoms. The topological polar surface area (TPSA) is 67.2 Å². The molecule has 0 bridgehead atoms. The minimum Gasteiger partial charge on any atom is -0.444 e. The van der Waals surface area contributed by atoms with Crippen LogP contribution in [0.3, 0.4) is 0 Å². The summed E-state index contributed by atoms with van der Waals surface area (Å²) in [5.74, 6) is 1.71. The summed E-state index contributed by atoms with van der Waals surface area (Å²) in [6.07, 6.45) is 5.38. The number of carbonyl (C=O) groups excluding carboxylic acids is 1. The van der Waals surface area contributed by atoms with Crippen molar-refractivity contribution in [2.24, 2.45) is 0 Å². The first-order valence-electron chi connectivity index (χ1n) is 6.21.